The second kappa shape index (κ2) is 5.17. The Kier molecular flexibility index (Phi) is 3.79. The fraction of sp³-hybridized carbons (Fsp3) is 0.300. The van der Waals surface area contributed by atoms with Crippen molar-refractivity contribution in [2.24, 2.45) is 0 Å². The molecule has 1 atom stereocenters. The molecule has 0 saturated heterocycles. The summed E-state index contributed by atoms with van der Waals surface area (Å²) in [7, 11) is 1.79. The number of nitrogens with zero attached hydrogens (tertiary/aromatic N) is 4. The van der Waals surface area contributed by atoms with Gasteiger partial charge in [0.25, 0.3) is 0 Å². The lowest BCUT2D eigenvalue weighted by Crippen LogP contribution is -2.17. The van der Waals surface area contributed by atoms with Crippen molar-refractivity contribution in [1.82, 2.24) is 25.5 Å². The van der Waals surface area contributed by atoms with Gasteiger partial charge in [-0.25, -0.2) is 4.39 Å². The predicted molar refractivity (Wildman–Crippen MR) is 66.6 cm³/mol. The van der Waals surface area contributed by atoms with E-state index in [0.29, 0.717) is 11.5 Å². The number of tetrazole rings is 1. The molecular formula is C10H10Cl2FN5. The van der Waals surface area contributed by atoms with E-state index in [4.69, 9.17) is 23.2 Å². The van der Waals surface area contributed by atoms with Gasteiger partial charge in [0.05, 0.1) is 21.8 Å². The van der Waals surface area contributed by atoms with E-state index in [9.17, 15) is 4.39 Å². The molecule has 1 heterocycles. The van der Waals surface area contributed by atoms with Crippen molar-refractivity contribution in [2.45, 2.75) is 13.0 Å². The summed E-state index contributed by atoms with van der Waals surface area (Å²) < 4.78 is 14.8. The van der Waals surface area contributed by atoms with Gasteiger partial charge in [-0.3, -0.25) is 0 Å². The summed E-state index contributed by atoms with van der Waals surface area (Å²) in [5, 5.41) is 14.2. The van der Waals surface area contributed by atoms with E-state index in [0.717, 1.165) is 0 Å². The smallest absolute Gasteiger partial charge is 0.173 e. The van der Waals surface area contributed by atoms with Gasteiger partial charge in [0, 0.05) is 0 Å². The van der Waals surface area contributed by atoms with Gasteiger partial charge >= 0.3 is 0 Å². The predicted octanol–water partition coefficient (Wildman–Crippen LogP) is 2.39. The van der Waals surface area contributed by atoms with Crippen molar-refractivity contribution < 1.29 is 4.39 Å². The molecule has 8 heteroatoms. The Morgan fingerprint density at radius 1 is 1.33 bits per heavy atom. The van der Waals surface area contributed by atoms with Gasteiger partial charge in [0.2, 0.25) is 0 Å². The average Bonchev–Trinajstić information content (AvgIpc) is 2.83. The van der Waals surface area contributed by atoms with Crippen LogP contribution in [0.25, 0.3) is 5.69 Å². The molecule has 0 radical (unpaired) electrons. The Labute approximate surface area is 113 Å². The van der Waals surface area contributed by atoms with Crippen molar-refractivity contribution in [3.8, 4) is 5.69 Å². The lowest BCUT2D eigenvalue weighted by molar-refractivity contribution is 0.587. The van der Waals surface area contributed by atoms with Gasteiger partial charge < -0.3 is 5.32 Å². The minimum atomic E-state index is -0.654. The number of rotatable bonds is 3. The van der Waals surface area contributed by atoms with Crippen LogP contribution in [0.3, 0.4) is 0 Å². The Morgan fingerprint density at radius 2 is 1.94 bits per heavy atom. The van der Waals surface area contributed by atoms with Crippen LogP contribution in [0.5, 0.6) is 0 Å². The highest BCUT2D eigenvalue weighted by Gasteiger charge is 2.16. The third kappa shape index (κ3) is 2.31. The van der Waals surface area contributed by atoms with Crippen molar-refractivity contribution in [1.29, 1.82) is 0 Å². The van der Waals surface area contributed by atoms with Crippen molar-refractivity contribution in [2.75, 3.05) is 7.05 Å². The summed E-state index contributed by atoms with van der Waals surface area (Å²) >= 11 is 11.5. The number of hydrogen-bond donors (Lipinski definition) is 1. The number of aromatic nitrogens is 4. The van der Waals surface area contributed by atoms with Gasteiger partial charge in [-0.2, -0.15) is 4.68 Å². The fourth-order valence-corrected chi connectivity index (χ4v) is 1.92. The Bertz CT molecular complexity index is 548. The molecular weight excluding hydrogens is 280 g/mol. The van der Waals surface area contributed by atoms with Gasteiger partial charge in [0.15, 0.2) is 11.6 Å². The second-order valence-electron chi connectivity index (χ2n) is 3.68. The third-order valence-corrected chi connectivity index (χ3v) is 3.08. The minimum absolute atomic E-state index is 0.0670. The molecule has 0 aliphatic rings. The monoisotopic (exact) mass is 289 g/mol. The molecule has 1 aromatic heterocycles. The lowest BCUT2D eigenvalue weighted by Gasteiger charge is -2.11. The lowest BCUT2D eigenvalue weighted by atomic mass is 10.2. The zero-order valence-electron chi connectivity index (χ0n) is 9.65. The maximum Gasteiger partial charge on any atom is 0.173 e. The van der Waals surface area contributed by atoms with E-state index in [2.05, 4.69) is 20.8 Å². The Balaban J connectivity index is 2.53. The molecule has 1 unspecified atom stereocenters. The average molecular weight is 290 g/mol. The first-order chi connectivity index (χ1) is 8.54. The highest BCUT2D eigenvalue weighted by Crippen LogP contribution is 2.27. The highest BCUT2D eigenvalue weighted by atomic mass is 35.5. The maximum absolute atomic E-state index is 13.3. The van der Waals surface area contributed by atoms with Crippen LogP contribution in [0, 0.1) is 5.82 Å². The molecule has 0 fully saturated rings. The molecule has 0 amide bonds. The number of halogens is 3. The van der Waals surface area contributed by atoms with Crippen molar-refractivity contribution in [3.05, 3.63) is 33.8 Å². The highest BCUT2D eigenvalue weighted by molar-refractivity contribution is 6.35. The number of nitrogens with one attached hydrogen (secondary N) is 1. The van der Waals surface area contributed by atoms with Crippen LogP contribution in [-0.4, -0.2) is 27.3 Å². The standard InChI is InChI=1S/C10H10Cl2FN5/c1-5(14-2)10-15-16-17-18(10)6-3-7(11)9(13)8(12)4-6/h3-5,14H,1-2H3. The van der Waals surface area contributed by atoms with E-state index in [1.54, 1.807) is 7.05 Å². The van der Waals surface area contributed by atoms with Crippen molar-refractivity contribution >= 4 is 23.2 Å². The topological polar surface area (TPSA) is 55.6 Å². The zero-order valence-corrected chi connectivity index (χ0v) is 11.2. The summed E-state index contributed by atoms with van der Waals surface area (Å²) in [4.78, 5) is 0. The van der Waals surface area contributed by atoms with Crippen LogP contribution in [-0.2, 0) is 0 Å². The van der Waals surface area contributed by atoms with Crippen LogP contribution >= 0.6 is 23.2 Å². The summed E-state index contributed by atoms with van der Waals surface area (Å²) in [6, 6.07) is 2.78. The fourth-order valence-electron chi connectivity index (χ4n) is 1.44. The molecule has 0 bridgehead atoms. The number of benzene rings is 1. The summed E-state index contributed by atoms with van der Waals surface area (Å²) in [6.07, 6.45) is 0. The third-order valence-electron chi connectivity index (χ3n) is 2.53. The van der Waals surface area contributed by atoms with E-state index in [1.807, 2.05) is 6.92 Å². The first-order valence-corrected chi connectivity index (χ1v) is 5.90. The molecule has 18 heavy (non-hydrogen) atoms. The quantitative estimate of drug-likeness (QED) is 0.882. The molecule has 0 spiro atoms. The van der Waals surface area contributed by atoms with Gasteiger partial charge in [-0.1, -0.05) is 23.2 Å². The minimum Gasteiger partial charge on any atom is -0.311 e. The maximum atomic E-state index is 13.3. The van der Waals surface area contributed by atoms with Crippen LogP contribution in [0.1, 0.15) is 18.8 Å². The molecule has 1 aromatic carbocycles. The normalized spacial score (nSPS) is 12.7. The van der Waals surface area contributed by atoms with Crippen molar-refractivity contribution in [3.63, 3.8) is 0 Å². The molecule has 96 valence electrons. The number of hydrogen-bond acceptors (Lipinski definition) is 4. The summed E-state index contributed by atoms with van der Waals surface area (Å²) in [5.74, 6) is -0.0744. The van der Waals surface area contributed by atoms with Gasteiger partial charge in [-0.05, 0) is 36.5 Å². The van der Waals surface area contributed by atoms with Crippen LogP contribution in [0.2, 0.25) is 10.0 Å². The van der Waals surface area contributed by atoms with Crippen LogP contribution < -0.4 is 5.32 Å². The SMILES string of the molecule is CNC(C)c1nnnn1-c1cc(Cl)c(F)c(Cl)c1. The molecule has 2 aromatic rings. The molecule has 2 rings (SSSR count). The molecule has 0 aliphatic carbocycles. The molecule has 1 N–H and O–H groups in total. The first kappa shape index (κ1) is 13.2. The summed E-state index contributed by atoms with van der Waals surface area (Å²) in [5.41, 5.74) is 0.508. The van der Waals surface area contributed by atoms with Crippen LogP contribution in [0.4, 0.5) is 4.39 Å². The Morgan fingerprint density at radius 3 is 2.50 bits per heavy atom. The van der Waals surface area contributed by atoms with E-state index >= 15 is 0 Å². The molecule has 5 nitrogen and oxygen atoms in total. The van der Waals surface area contributed by atoms with Crippen LogP contribution in [0.15, 0.2) is 12.1 Å². The second-order valence-corrected chi connectivity index (χ2v) is 4.50. The van der Waals surface area contributed by atoms with Gasteiger partial charge in [0.1, 0.15) is 0 Å². The zero-order chi connectivity index (χ0) is 13.3. The Hall–Kier alpha value is -1.24. The van der Waals surface area contributed by atoms with E-state index in [-0.39, 0.29) is 16.1 Å². The molecule has 0 saturated carbocycles. The first-order valence-electron chi connectivity index (χ1n) is 5.15. The largest absolute Gasteiger partial charge is 0.311 e. The van der Waals surface area contributed by atoms with Gasteiger partial charge in [-0.15, -0.1) is 5.10 Å². The summed E-state index contributed by atoms with van der Waals surface area (Å²) in [6.45, 7) is 1.90. The molecule has 0 aliphatic heterocycles. The van der Waals surface area contributed by atoms with E-state index in [1.165, 1.54) is 16.8 Å². The van der Waals surface area contributed by atoms with E-state index < -0.39 is 5.82 Å².